The fourth-order valence-electron chi connectivity index (χ4n) is 2.61. The van der Waals surface area contributed by atoms with Crippen LogP contribution < -0.4 is 10.5 Å². The Kier molecular flexibility index (Phi) is 6.82. The molecule has 1 unspecified atom stereocenters. The summed E-state index contributed by atoms with van der Waals surface area (Å²) in [6.07, 6.45) is 1.52. The second-order valence-electron chi connectivity index (χ2n) is 5.00. The Hall–Kier alpha value is -1.35. The zero-order chi connectivity index (χ0) is 16.3. The second-order valence-corrected chi connectivity index (χ2v) is 6.89. The zero-order valence-electron chi connectivity index (χ0n) is 13.0. The number of methoxy groups -OCH3 is 2. The molecule has 1 aromatic carbocycles. The van der Waals surface area contributed by atoms with Gasteiger partial charge in [0.1, 0.15) is 11.3 Å². The van der Waals surface area contributed by atoms with E-state index >= 15 is 0 Å². The number of benzene rings is 1. The number of ether oxygens (including phenoxy) is 2. The van der Waals surface area contributed by atoms with E-state index in [-0.39, 0.29) is 41.2 Å². The molecule has 1 atom stereocenters. The second kappa shape index (κ2) is 7.96. The SMILES string of the molecule is COC(=O)c1cc(S(=O)(=O)N2CCCC2CN)ccc1OC.Cl. The molecule has 1 saturated heterocycles. The summed E-state index contributed by atoms with van der Waals surface area (Å²) in [5.41, 5.74) is 5.72. The molecule has 0 bridgehead atoms. The van der Waals surface area contributed by atoms with Gasteiger partial charge in [0, 0.05) is 19.1 Å². The molecule has 0 aromatic heterocycles. The van der Waals surface area contributed by atoms with Crippen molar-refractivity contribution in [3.63, 3.8) is 0 Å². The van der Waals surface area contributed by atoms with Gasteiger partial charge < -0.3 is 15.2 Å². The van der Waals surface area contributed by atoms with Gasteiger partial charge in [-0.15, -0.1) is 12.4 Å². The number of esters is 1. The van der Waals surface area contributed by atoms with Gasteiger partial charge in [-0.05, 0) is 31.0 Å². The molecular formula is C14H21ClN2O5S. The van der Waals surface area contributed by atoms with Gasteiger partial charge in [0.25, 0.3) is 0 Å². The van der Waals surface area contributed by atoms with Crippen molar-refractivity contribution in [2.24, 2.45) is 5.73 Å². The fraction of sp³-hybridized carbons (Fsp3) is 0.500. The quantitative estimate of drug-likeness (QED) is 0.783. The number of carbonyl (C=O) groups is 1. The van der Waals surface area contributed by atoms with Crippen LogP contribution in [0.5, 0.6) is 5.75 Å². The van der Waals surface area contributed by atoms with Gasteiger partial charge in [-0.2, -0.15) is 4.31 Å². The average molecular weight is 365 g/mol. The number of hydrogen-bond acceptors (Lipinski definition) is 6. The van der Waals surface area contributed by atoms with Gasteiger partial charge in [0.05, 0.1) is 19.1 Å². The van der Waals surface area contributed by atoms with E-state index in [1.165, 1.54) is 36.7 Å². The average Bonchev–Trinajstić information content (AvgIpc) is 3.02. The lowest BCUT2D eigenvalue weighted by Crippen LogP contribution is -2.39. The molecule has 0 radical (unpaired) electrons. The summed E-state index contributed by atoms with van der Waals surface area (Å²) in [6.45, 7) is 0.711. The van der Waals surface area contributed by atoms with Crippen molar-refractivity contribution in [2.45, 2.75) is 23.8 Å². The van der Waals surface area contributed by atoms with Crippen LogP contribution in [0.2, 0.25) is 0 Å². The highest BCUT2D eigenvalue weighted by atomic mass is 35.5. The normalized spacial score (nSPS) is 18.3. The van der Waals surface area contributed by atoms with E-state index in [0.29, 0.717) is 6.54 Å². The van der Waals surface area contributed by atoms with Crippen LogP contribution in [0, 0.1) is 0 Å². The molecule has 0 aliphatic carbocycles. The van der Waals surface area contributed by atoms with Crippen LogP contribution in [0.25, 0.3) is 0 Å². The minimum atomic E-state index is -3.70. The fourth-order valence-corrected chi connectivity index (χ4v) is 4.34. The van der Waals surface area contributed by atoms with Crippen molar-refractivity contribution in [2.75, 3.05) is 27.3 Å². The maximum atomic E-state index is 12.7. The molecule has 0 spiro atoms. The Labute approximate surface area is 142 Å². The molecule has 1 heterocycles. The number of halogens is 1. The van der Waals surface area contributed by atoms with E-state index in [1.807, 2.05) is 0 Å². The molecule has 1 aliphatic heterocycles. The number of sulfonamides is 1. The molecule has 7 nitrogen and oxygen atoms in total. The predicted molar refractivity (Wildman–Crippen MR) is 87.5 cm³/mol. The van der Waals surface area contributed by atoms with Crippen LogP contribution in [-0.4, -0.2) is 52.0 Å². The molecule has 2 rings (SSSR count). The van der Waals surface area contributed by atoms with Crippen LogP contribution in [0.15, 0.2) is 23.1 Å². The molecule has 1 aliphatic rings. The molecule has 0 amide bonds. The molecule has 9 heteroatoms. The predicted octanol–water partition coefficient (Wildman–Crippen LogP) is 1.02. The van der Waals surface area contributed by atoms with Gasteiger partial charge in [0.15, 0.2) is 0 Å². The first-order chi connectivity index (χ1) is 10.5. The number of rotatable bonds is 5. The van der Waals surface area contributed by atoms with E-state index in [0.717, 1.165) is 12.8 Å². The van der Waals surface area contributed by atoms with E-state index in [4.69, 9.17) is 10.5 Å². The van der Waals surface area contributed by atoms with Crippen molar-refractivity contribution in [3.8, 4) is 5.75 Å². The van der Waals surface area contributed by atoms with E-state index in [2.05, 4.69) is 4.74 Å². The Morgan fingerprint density at radius 3 is 2.65 bits per heavy atom. The largest absolute Gasteiger partial charge is 0.496 e. The summed E-state index contributed by atoms with van der Waals surface area (Å²) < 4.78 is 36.6. The lowest BCUT2D eigenvalue weighted by atomic mass is 10.2. The lowest BCUT2D eigenvalue weighted by molar-refractivity contribution is 0.0597. The minimum absolute atomic E-state index is 0. The van der Waals surface area contributed by atoms with Crippen LogP contribution in [0.3, 0.4) is 0 Å². The summed E-state index contributed by atoms with van der Waals surface area (Å²) in [5, 5.41) is 0. The molecule has 0 saturated carbocycles. The maximum Gasteiger partial charge on any atom is 0.341 e. The van der Waals surface area contributed by atoms with Crippen LogP contribution >= 0.6 is 12.4 Å². The first kappa shape index (κ1) is 19.7. The highest BCUT2D eigenvalue weighted by Gasteiger charge is 2.35. The smallest absolute Gasteiger partial charge is 0.341 e. The summed E-state index contributed by atoms with van der Waals surface area (Å²) >= 11 is 0. The summed E-state index contributed by atoms with van der Waals surface area (Å²) in [4.78, 5) is 11.8. The maximum absolute atomic E-state index is 12.7. The zero-order valence-corrected chi connectivity index (χ0v) is 14.7. The van der Waals surface area contributed by atoms with Crippen molar-refractivity contribution in [1.82, 2.24) is 4.31 Å². The summed E-state index contributed by atoms with van der Waals surface area (Å²) in [7, 11) is -1.07. The van der Waals surface area contributed by atoms with Crippen LogP contribution in [0.1, 0.15) is 23.2 Å². The molecule has 23 heavy (non-hydrogen) atoms. The number of hydrogen-bond donors (Lipinski definition) is 1. The van der Waals surface area contributed by atoms with Crippen LogP contribution in [0.4, 0.5) is 0 Å². The van der Waals surface area contributed by atoms with E-state index in [9.17, 15) is 13.2 Å². The Morgan fingerprint density at radius 2 is 2.09 bits per heavy atom. The lowest BCUT2D eigenvalue weighted by Gasteiger charge is -2.23. The van der Waals surface area contributed by atoms with Crippen LogP contribution in [-0.2, 0) is 14.8 Å². The van der Waals surface area contributed by atoms with Crippen molar-refractivity contribution in [3.05, 3.63) is 23.8 Å². The molecule has 1 fully saturated rings. The summed E-state index contributed by atoms with van der Waals surface area (Å²) in [5.74, 6) is -0.381. The standard InChI is InChI=1S/C14H20N2O5S.ClH/c1-20-13-6-5-11(8-12(13)14(17)21-2)22(18,19)16-7-3-4-10(16)9-15;/h5-6,8,10H,3-4,7,9,15H2,1-2H3;1H. The van der Waals surface area contributed by atoms with Crippen molar-refractivity contribution in [1.29, 1.82) is 0 Å². The van der Waals surface area contributed by atoms with Crippen molar-refractivity contribution < 1.29 is 22.7 Å². The van der Waals surface area contributed by atoms with Gasteiger partial charge in [-0.25, -0.2) is 13.2 Å². The first-order valence-corrected chi connectivity index (χ1v) is 8.38. The third-order valence-electron chi connectivity index (χ3n) is 3.78. The third kappa shape index (κ3) is 3.77. The van der Waals surface area contributed by atoms with Gasteiger partial charge >= 0.3 is 5.97 Å². The number of nitrogens with two attached hydrogens (primary N) is 1. The van der Waals surface area contributed by atoms with E-state index < -0.39 is 16.0 Å². The Morgan fingerprint density at radius 1 is 1.39 bits per heavy atom. The minimum Gasteiger partial charge on any atom is -0.496 e. The van der Waals surface area contributed by atoms with Gasteiger partial charge in [0.2, 0.25) is 10.0 Å². The van der Waals surface area contributed by atoms with E-state index in [1.54, 1.807) is 0 Å². The molecule has 130 valence electrons. The highest BCUT2D eigenvalue weighted by molar-refractivity contribution is 7.89. The number of nitrogens with zero attached hydrogens (tertiary/aromatic N) is 1. The summed E-state index contributed by atoms with van der Waals surface area (Å²) in [6, 6.07) is 3.96. The number of carbonyl (C=O) groups excluding carboxylic acids is 1. The molecule has 2 N–H and O–H groups in total. The first-order valence-electron chi connectivity index (χ1n) is 6.94. The molecular weight excluding hydrogens is 344 g/mol. The third-order valence-corrected chi connectivity index (χ3v) is 5.73. The van der Waals surface area contributed by atoms with Gasteiger partial charge in [-0.3, -0.25) is 0 Å². The monoisotopic (exact) mass is 364 g/mol. The highest BCUT2D eigenvalue weighted by Crippen LogP contribution is 2.29. The van der Waals surface area contributed by atoms with Gasteiger partial charge in [-0.1, -0.05) is 0 Å². The molecule has 1 aromatic rings. The topological polar surface area (TPSA) is 98.9 Å². The Bertz CT molecular complexity index is 665. The Balaban J connectivity index is 0.00000264. The van der Waals surface area contributed by atoms with Crippen molar-refractivity contribution >= 4 is 28.4 Å².